The Balaban J connectivity index is 0.000000335. The first kappa shape index (κ1) is 33.1. The largest absolute Gasteiger partial charge is 2.00 e. The number of benzene rings is 2. The van der Waals surface area contributed by atoms with E-state index in [1.807, 2.05) is 64.2 Å². The van der Waals surface area contributed by atoms with Crippen molar-refractivity contribution in [1.82, 2.24) is 0 Å². The molecule has 0 amide bonds. The molecule has 0 unspecified atom stereocenters. The summed E-state index contributed by atoms with van der Waals surface area (Å²) in [6.45, 7) is 4.53. The summed E-state index contributed by atoms with van der Waals surface area (Å²) < 4.78 is 0. The second-order valence-electron chi connectivity index (χ2n) is 10.4. The van der Waals surface area contributed by atoms with Gasteiger partial charge in [0.15, 0.2) is 0 Å². The molecule has 0 bridgehead atoms. The molecule has 4 aliphatic rings. The van der Waals surface area contributed by atoms with E-state index in [2.05, 4.69) is 80.6 Å². The minimum absolute atomic E-state index is 0. The van der Waals surface area contributed by atoms with Gasteiger partial charge in [-0.25, -0.2) is 0 Å². The molecular formula is C38H43NZr. The average molecular weight is 605 g/mol. The predicted octanol–water partition coefficient (Wildman–Crippen LogP) is 10.5. The average Bonchev–Trinajstić information content (AvgIpc) is 3.80. The van der Waals surface area contributed by atoms with Gasteiger partial charge in [-0.1, -0.05) is 117 Å². The molecular weight excluding hydrogens is 562 g/mol. The van der Waals surface area contributed by atoms with E-state index in [1.54, 1.807) is 5.57 Å². The summed E-state index contributed by atoms with van der Waals surface area (Å²) in [6.07, 6.45) is 33.2. The fourth-order valence-electron chi connectivity index (χ4n) is 6.00. The fraction of sp³-hybridized carbons (Fsp3) is 0.316. The molecule has 204 valence electrons. The van der Waals surface area contributed by atoms with Gasteiger partial charge < -0.3 is 11.4 Å². The Labute approximate surface area is 265 Å². The van der Waals surface area contributed by atoms with E-state index >= 15 is 0 Å². The van der Waals surface area contributed by atoms with Gasteiger partial charge in [0.1, 0.15) is 0 Å². The molecule has 10 radical (unpaired) electrons. The van der Waals surface area contributed by atoms with Crippen LogP contribution in [0.3, 0.4) is 0 Å². The van der Waals surface area contributed by atoms with Crippen molar-refractivity contribution in [1.29, 1.82) is 0 Å². The van der Waals surface area contributed by atoms with Gasteiger partial charge in [0.2, 0.25) is 0 Å². The van der Waals surface area contributed by atoms with Gasteiger partial charge in [0.25, 0.3) is 0 Å². The van der Waals surface area contributed by atoms with Crippen LogP contribution in [-0.2, 0) is 26.2 Å². The predicted molar refractivity (Wildman–Crippen MR) is 167 cm³/mol. The number of fused-ring (bicyclic) bond motifs is 1. The van der Waals surface area contributed by atoms with Gasteiger partial charge in [0.05, 0.1) is 0 Å². The fourth-order valence-corrected chi connectivity index (χ4v) is 6.00. The Hall–Kier alpha value is -1.40. The summed E-state index contributed by atoms with van der Waals surface area (Å²) in [7, 11) is 0. The topological polar surface area (TPSA) is 14.1 Å². The SMILES string of the molecule is CCC[C-]=C(CCC)[C@]1([N-]c2ccccc2)C[C@H]2CCCC2=C1c1ccccc1.[CH]1[CH][CH][CH][CH]1.[CH]1[CH][CH][CH][CH]1.[Zr+2]. The standard InChI is InChI=1S/C28H33N.2C5H5.Zr/c1-3-5-17-24(13-4-2)28(29-25-18-10-7-11-19-25)21-23-16-12-20-26(23)27(28)22-14-8-6-9-15-22;2*1-2-4-5-3-1;/h6-11,14-15,18-19,23H,3-5,12-13,16,20-21H2,1-2H3;2*1-5H;/q-2;;;+2/t23-,28-;;;/m1.../s1. The van der Waals surface area contributed by atoms with E-state index in [-0.39, 0.29) is 31.7 Å². The molecule has 3 saturated carbocycles. The van der Waals surface area contributed by atoms with E-state index in [9.17, 15) is 0 Å². The molecule has 1 nitrogen and oxygen atoms in total. The summed E-state index contributed by atoms with van der Waals surface area (Å²) in [6, 6.07) is 21.7. The van der Waals surface area contributed by atoms with Crippen molar-refractivity contribution >= 4 is 11.3 Å². The van der Waals surface area contributed by atoms with Crippen LogP contribution in [0.15, 0.2) is 71.8 Å². The molecule has 0 spiro atoms. The quantitative estimate of drug-likeness (QED) is 0.266. The van der Waals surface area contributed by atoms with Gasteiger partial charge in [0, 0.05) is 0 Å². The van der Waals surface area contributed by atoms with Crippen molar-refractivity contribution in [3.05, 3.63) is 153 Å². The number of allylic oxidation sites excluding steroid dienone is 2. The second-order valence-corrected chi connectivity index (χ2v) is 10.4. The maximum absolute atomic E-state index is 5.54. The molecule has 2 atom stereocenters. The minimum Gasteiger partial charge on any atom is -0.674 e. The number of nitrogens with zero attached hydrogens (tertiary/aromatic N) is 1. The van der Waals surface area contributed by atoms with E-state index in [4.69, 9.17) is 5.32 Å². The Morgan fingerprint density at radius 2 is 1.32 bits per heavy atom. The van der Waals surface area contributed by atoms with E-state index < -0.39 is 0 Å². The second kappa shape index (κ2) is 18.2. The van der Waals surface area contributed by atoms with Crippen LogP contribution in [0, 0.1) is 76.2 Å². The summed E-state index contributed by atoms with van der Waals surface area (Å²) in [5, 5.41) is 5.54. The first-order valence-corrected chi connectivity index (χ1v) is 14.8. The van der Waals surface area contributed by atoms with Gasteiger partial charge in [-0.05, 0) is 95.0 Å². The molecule has 0 N–H and O–H groups in total. The first-order valence-electron chi connectivity index (χ1n) is 14.8. The van der Waals surface area contributed by atoms with Crippen molar-refractivity contribution in [2.24, 2.45) is 5.92 Å². The summed E-state index contributed by atoms with van der Waals surface area (Å²) in [5.41, 5.74) is 6.78. The van der Waals surface area contributed by atoms with Gasteiger partial charge in [-0.2, -0.15) is 6.42 Å². The van der Waals surface area contributed by atoms with Crippen LogP contribution >= 0.6 is 0 Å². The van der Waals surface area contributed by atoms with Crippen molar-refractivity contribution in [2.75, 3.05) is 0 Å². The summed E-state index contributed by atoms with van der Waals surface area (Å²) >= 11 is 0. The zero-order valence-electron chi connectivity index (χ0n) is 24.2. The van der Waals surface area contributed by atoms with Crippen LogP contribution < -0.4 is 0 Å². The summed E-state index contributed by atoms with van der Waals surface area (Å²) in [5.74, 6) is 0.674. The van der Waals surface area contributed by atoms with Crippen LogP contribution in [0.4, 0.5) is 5.69 Å². The van der Waals surface area contributed by atoms with Crippen LogP contribution in [0.5, 0.6) is 0 Å². The van der Waals surface area contributed by atoms with E-state index in [0.29, 0.717) is 5.92 Å². The molecule has 0 aliphatic heterocycles. The molecule has 0 aromatic heterocycles. The Kier molecular flexibility index (Phi) is 15.1. The van der Waals surface area contributed by atoms with Crippen LogP contribution in [0.1, 0.15) is 70.8 Å². The molecule has 40 heavy (non-hydrogen) atoms. The normalized spacial score (nSPS) is 23.4. The molecule has 6 rings (SSSR count). The van der Waals surface area contributed by atoms with Crippen LogP contribution in [-0.4, -0.2) is 5.54 Å². The molecule has 0 saturated heterocycles. The van der Waals surface area contributed by atoms with Crippen molar-refractivity contribution in [2.45, 2.75) is 70.8 Å². The van der Waals surface area contributed by atoms with Crippen molar-refractivity contribution in [3.63, 3.8) is 0 Å². The number of rotatable bonds is 8. The van der Waals surface area contributed by atoms with Crippen LogP contribution in [0.2, 0.25) is 0 Å². The third-order valence-electron chi connectivity index (χ3n) is 7.61. The van der Waals surface area contributed by atoms with Gasteiger partial charge in [-0.15, -0.1) is 5.69 Å². The maximum atomic E-state index is 5.54. The Morgan fingerprint density at radius 1 is 0.775 bits per heavy atom. The summed E-state index contributed by atoms with van der Waals surface area (Å²) in [4.78, 5) is 0. The molecule has 0 heterocycles. The zero-order chi connectivity index (χ0) is 27.2. The third-order valence-corrected chi connectivity index (χ3v) is 7.61. The first-order chi connectivity index (χ1) is 19.3. The molecule has 2 heteroatoms. The molecule has 3 fully saturated rings. The maximum Gasteiger partial charge on any atom is 2.00 e. The van der Waals surface area contributed by atoms with E-state index in [0.717, 1.165) is 37.8 Å². The smallest absolute Gasteiger partial charge is 0.674 e. The molecule has 2 aromatic carbocycles. The third kappa shape index (κ3) is 9.05. The van der Waals surface area contributed by atoms with E-state index in [1.165, 1.54) is 36.0 Å². The number of hydrogen-bond acceptors (Lipinski definition) is 0. The zero-order valence-corrected chi connectivity index (χ0v) is 26.7. The number of unbranched alkanes of at least 4 members (excludes halogenated alkanes) is 1. The van der Waals surface area contributed by atoms with Crippen LogP contribution in [0.25, 0.3) is 10.9 Å². The van der Waals surface area contributed by atoms with Gasteiger partial charge >= 0.3 is 26.2 Å². The molecule has 2 aromatic rings. The Morgan fingerprint density at radius 3 is 1.85 bits per heavy atom. The monoisotopic (exact) mass is 603 g/mol. The van der Waals surface area contributed by atoms with Crippen molar-refractivity contribution in [3.8, 4) is 0 Å². The number of hydrogen-bond donors (Lipinski definition) is 0. The Bertz CT molecular complexity index is 991. The number of para-hydroxylation sites is 1. The van der Waals surface area contributed by atoms with Crippen molar-refractivity contribution < 1.29 is 26.2 Å². The molecule has 4 aliphatic carbocycles. The minimum atomic E-state index is -0.256. The van der Waals surface area contributed by atoms with Gasteiger partial charge in [-0.3, -0.25) is 5.57 Å².